The standard InChI is InChI=1S/C12H16O2/c1-9(13)14-8-12-10-6-4-2-3-5-7-11(10)12/h10-12H,4-8H2,1H3/t10-,11+,12-. The second-order valence-corrected chi connectivity index (χ2v) is 4.23. The fourth-order valence-electron chi connectivity index (χ4n) is 2.50. The molecule has 2 aliphatic carbocycles. The summed E-state index contributed by atoms with van der Waals surface area (Å²) in [6.45, 7) is 2.11. The van der Waals surface area contributed by atoms with Crippen molar-refractivity contribution >= 4 is 5.97 Å². The van der Waals surface area contributed by atoms with Crippen molar-refractivity contribution in [1.82, 2.24) is 0 Å². The molecule has 0 aliphatic heterocycles. The van der Waals surface area contributed by atoms with Gasteiger partial charge in [0.2, 0.25) is 0 Å². The second-order valence-electron chi connectivity index (χ2n) is 4.23. The summed E-state index contributed by atoms with van der Waals surface area (Å²) >= 11 is 0. The van der Waals surface area contributed by atoms with Gasteiger partial charge in [-0.05, 0) is 30.6 Å². The van der Waals surface area contributed by atoms with Gasteiger partial charge in [0.25, 0.3) is 0 Å². The molecule has 0 aromatic rings. The molecule has 76 valence electrons. The van der Waals surface area contributed by atoms with Crippen LogP contribution in [0, 0.1) is 29.6 Å². The van der Waals surface area contributed by atoms with E-state index in [1.54, 1.807) is 0 Å². The highest BCUT2D eigenvalue weighted by Gasteiger charge is 2.49. The summed E-state index contributed by atoms with van der Waals surface area (Å²) in [7, 11) is 0. The third kappa shape index (κ3) is 2.09. The largest absolute Gasteiger partial charge is 0.466 e. The molecule has 2 aliphatic rings. The molecule has 2 heteroatoms. The lowest BCUT2D eigenvalue weighted by molar-refractivity contribution is -0.141. The van der Waals surface area contributed by atoms with Gasteiger partial charge < -0.3 is 4.74 Å². The van der Waals surface area contributed by atoms with Crippen LogP contribution in [0.25, 0.3) is 0 Å². The molecular formula is C12H16O2. The lowest BCUT2D eigenvalue weighted by Gasteiger charge is -1.99. The van der Waals surface area contributed by atoms with E-state index in [2.05, 4.69) is 11.8 Å². The SMILES string of the molecule is CC(=O)OC[C@@H]1[C@@H]2CCC#CCC[C@@H]21. The minimum atomic E-state index is -0.152. The Kier molecular flexibility index (Phi) is 2.77. The average Bonchev–Trinajstić information content (AvgIpc) is 2.72. The van der Waals surface area contributed by atoms with E-state index in [1.807, 2.05) is 0 Å². The van der Waals surface area contributed by atoms with Crippen LogP contribution in [0.1, 0.15) is 32.6 Å². The Hall–Kier alpha value is -0.970. The number of esters is 1. The van der Waals surface area contributed by atoms with Crippen molar-refractivity contribution in [2.75, 3.05) is 6.61 Å². The summed E-state index contributed by atoms with van der Waals surface area (Å²) in [6, 6.07) is 0. The van der Waals surface area contributed by atoms with Crippen LogP contribution in [-0.4, -0.2) is 12.6 Å². The first kappa shape index (κ1) is 9.58. The van der Waals surface area contributed by atoms with Crippen LogP contribution in [0.2, 0.25) is 0 Å². The zero-order valence-corrected chi connectivity index (χ0v) is 8.58. The molecule has 0 N–H and O–H groups in total. The van der Waals surface area contributed by atoms with Gasteiger partial charge in [-0.2, -0.15) is 0 Å². The molecule has 1 saturated carbocycles. The molecule has 2 rings (SSSR count). The van der Waals surface area contributed by atoms with Gasteiger partial charge in [0, 0.05) is 19.8 Å². The van der Waals surface area contributed by atoms with Crippen LogP contribution in [0.5, 0.6) is 0 Å². The molecule has 0 saturated heterocycles. The highest BCUT2D eigenvalue weighted by molar-refractivity contribution is 5.65. The topological polar surface area (TPSA) is 26.3 Å². The van der Waals surface area contributed by atoms with Crippen LogP contribution in [-0.2, 0) is 9.53 Å². The number of carbonyl (C=O) groups excluding carboxylic acids is 1. The molecule has 0 heterocycles. The first-order chi connectivity index (χ1) is 6.79. The Balaban J connectivity index is 1.79. The van der Waals surface area contributed by atoms with Crippen molar-refractivity contribution in [3.05, 3.63) is 0 Å². The van der Waals surface area contributed by atoms with Crippen LogP contribution < -0.4 is 0 Å². The molecule has 2 nitrogen and oxygen atoms in total. The molecule has 14 heavy (non-hydrogen) atoms. The number of ether oxygens (including phenoxy) is 1. The number of carbonyl (C=O) groups is 1. The minimum Gasteiger partial charge on any atom is -0.466 e. The zero-order valence-electron chi connectivity index (χ0n) is 8.58. The normalized spacial score (nSPS) is 34.2. The van der Waals surface area contributed by atoms with E-state index in [1.165, 1.54) is 19.8 Å². The molecule has 1 fully saturated rings. The van der Waals surface area contributed by atoms with Crippen molar-refractivity contribution in [3.63, 3.8) is 0 Å². The van der Waals surface area contributed by atoms with Gasteiger partial charge in [-0.1, -0.05) is 0 Å². The molecule has 0 spiro atoms. The molecule has 3 atom stereocenters. The van der Waals surface area contributed by atoms with Gasteiger partial charge >= 0.3 is 5.97 Å². The number of rotatable bonds is 2. The van der Waals surface area contributed by atoms with E-state index in [-0.39, 0.29) is 5.97 Å². The van der Waals surface area contributed by atoms with Crippen LogP contribution in [0.4, 0.5) is 0 Å². The van der Waals surface area contributed by atoms with Gasteiger partial charge in [-0.15, -0.1) is 11.8 Å². The summed E-state index contributed by atoms with van der Waals surface area (Å²) < 4.78 is 5.06. The summed E-state index contributed by atoms with van der Waals surface area (Å²) in [5.41, 5.74) is 0. The minimum absolute atomic E-state index is 0.152. The summed E-state index contributed by atoms with van der Waals surface area (Å²) in [5, 5.41) is 0. The molecule has 0 amide bonds. The summed E-state index contributed by atoms with van der Waals surface area (Å²) in [5.74, 6) is 8.38. The Labute approximate surface area is 85.0 Å². The third-order valence-corrected chi connectivity index (χ3v) is 3.32. The van der Waals surface area contributed by atoms with Gasteiger partial charge in [0.15, 0.2) is 0 Å². The van der Waals surface area contributed by atoms with Gasteiger partial charge in [-0.25, -0.2) is 0 Å². The lowest BCUT2D eigenvalue weighted by atomic mass is 10.1. The van der Waals surface area contributed by atoms with E-state index >= 15 is 0 Å². The maximum atomic E-state index is 10.7. The Bertz CT molecular complexity index is 266. The van der Waals surface area contributed by atoms with Crippen LogP contribution >= 0.6 is 0 Å². The molecule has 0 aromatic heterocycles. The van der Waals surface area contributed by atoms with Crippen LogP contribution in [0.3, 0.4) is 0 Å². The van der Waals surface area contributed by atoms with Crippen molar-refractivity contribution < 1.29 is 9.53 Å². The summed E-state index contributed by atoms with van der Waals surface area (Å²) in [6.07, 6.45) is 4.45. The van der Waals surface area contributed by atoms with E-state index in [4.69, 9.17) is 4.74 Å². The highest BCUT2D eigenvalue weighted by Crippen LogP contribution is 2.52. The fourth-order valence-corrected chi connectivity index (χ4v) is 2.50. The van der Waals surface area contributed by atoms with E-state index in [9.17, 15) is 4.79 Å². The Morgan fingerprint density at radius 2 is 1.86 bits per heavy atom. The summed E-state index contributed by atoms with van der Waals surface area (Å²) in [4.78, 5) is 10.7. The average molecular weight is 192 g/mol. The number of fused-ring (bicyclic) bond motifs is 1. The maximum Gasteiger partial charge on any atom is 0.302 e. The number of hydrogen-bond donors (Lipinski definition) is 0. The van der Waals surface area contributed by atoms with E-state index < -0.39 is 0 Å². The van der Waals surface area contributed by atoms with Gasteiger partial charge in [-0.3, -0.25) is 4.79 Å². The first-order valence-corrected chi connectivity index (χ1v) is 5.38. The fraction of sp³-hybridized carbons (Fsp3) is 0.750. The quantitative estimate of drug-likeness (QED) is 0.494. The van der Waals surface area contributed by atoms with Crippen LogP contribution in [0.15, 0.2) is 0 Å². The Morgan fingerprint density at radius 1 is 1.29 bits per heavy atom. The third-order valence-electron chi connectivity index (χ3n) is 3.32. The predicted molar refractivity (Wildman–Crippen MR) is 53.3 cm³/mol. The van der Waals surface area contributed by atoms with Crippen molar-refractivity contribution in [2.24, 2.45) is 17.8 Å². The maximum absolute atomic E-state index is 10.7. The van der Waals surface area contributed by atoms with Gasteiger partial charge in [0.1, 0.15) is 0 Å². The predicted octanol–water partition coefficient (Wildman–Crippen LogP) is 1.99. The van der Waals surface area contributed by atoms with Crippen molar-refractivity contribution in [1.29, 1.82) is 0 Å². The smallest absolute Gasteiger partial charge is 0.302 e. The van der Waals surface area contributed by atoms with Crippen molar-refractivity contribution in [3.8, 4) is 11.8 Å². The Morgan fingerprint density at radius 3 is 2.36 bits per heavy atom. The molecule has 0 aromatic carbocycles. The molecule has 0 bridgehead atoms. The van der Waals surface area contributed by atoms with Gasteiger partial charge in [0.05, 0.1) is 6.61 Å². The van der Waals surface area contributed by atoms with E-state index in [0.29, 0.717) is 12.5 Å². The van der Waals surface area contributed by atoms with E-state index in [0.717, 1.165) is 24.7 Å². The molecule has 0 radical (unpaired) electrons. The molecular weight excluding hydrogens is 176 g/mol. The highest BCUT2D eigenvalue weighted by atomic mass is 16.5. The van der Waals surface area contributed by atoms with Crippen molar-refractivity contribution in [2.45, 2.75) is 32.6 Å². The lowest BCUT2D eigenvalue weighted by Crippen LogP contribution is -2.03. The monoisotopic (exact) mass is 192 g/mol. The molecule has 0 unspecified atom stereocenters. The first-order valence-electron chi connectivity index (χ1n) is 5.38. The second kappa shape index (κ2) is 4.04. The number of hydrogen-bond acceptors (Lipinski definition) is 2. The zero-order chi connectivity index (χ0) is 9.97.